The highest BCUT2D eigenvalue weighted by atomic mass is 16.5. The van der Waals surface area contributed by atoms with E-state index in [4.69, 9.17) is 10.5 Å². The number of nitrogens with zero attached hydrogens (tertiary/aromatic N) is 1. The fraction of sp³-hybridized carbons (Fsp3) is 0.500. The van der Waals surface area contributed by atoms with E-state index >= 15 is 0 Å². The largest absolute Gasteiger partial charge is 0.484 e. The molecule has 2 fully saturated rings. The van der Waals surface area contributed by atoms with Crippen molar-refractivity contribution in [2.24, 2.45) is 11.7 Å². The van der Waals surface area contributed by atoms with Crippen molar-refractivity contribution in [1.29, 1.82) is 0 Å². The first-order valence-corrected chi connectivity index (χ1v) is 8.54. The molecule has 1 aliphatic heterocycles. The van der Waals surface area contributed by atoms with E-state index in [1.807, 2.05) is 0 Å². The Labute approximate surface area is 145 Å². The molecule has 0 aromatic heterocycles. The number of hydrogen-bond acceptors (Lipinski definition) is 4. The summed E-state index contributed by atoms with van der Waals surface area (Å²) in [6.07, 6.45) is 4.44. The van der Waals surface area contributed by atoms with Gasteiger partial charge in [-0.2, -0.15) is 0 Å². The number of likely N-dealkylation sites (tertiary alicyclic amines) is 1. The van der Waals surface area contributed by atoms with E-state index in [0.29, 0.717) is 17.7 Å². The predicted octanol–water partition coefficient (Wildman–Crippen LogP) is 1.41. The van der Waals surface area contributed by atoms with Gasteiger partial charge in [-0.05, 0) is 43.4 Å². The molecule has 7 heteroatoms. The Bertz CT molecular complexity index is 690. The van der Waals surface area contributed by atoms with Crippen LogP contribution in [0.3, 0.4) is 0 Å². The highest BCUT2D eigenvalue weighted by molar-refractivity contribution is 5.97. The van der Waals surface area contributed by atoms with Crippen molar-refractivity contribution < 1.29 is 24.2 Å². The van der Waals surface area contributed by atoms with Crippen molar-refractivity contribution in [3.05, 3.63) is 29.8 Å². The summed E-state index contributed by atoms with van der Waals surface area (Å²) in [5.41, 5.74) is 5.42. The van der Waals surface area contributed by atoms with Gasteiger partial charge < -0.3 is 20.5 Å². The minimum absolute atomic E-state index is 0.0162. The number of carboxylic acids is 1. The van der Waals surface area contributed by atoms with Crippen molar-refractivity contribution in [3.63, 3.8) is 0 Å². The lowest BCUT2D eigenvalue weighted by atomic mass is 9.84. The van der Waals surface area contributed by atoms with Gasteiger partial charge in [0.1, 0.15) is 11.8 Å². The molecule has 134 valence electrons. The SMILES string of the molecule is NC(=O)COc1cccc(C(=O)N2[C@@H]3CCCC[C@H]3C[C@H]2C(=O)O)c1. The van der Waals surface area contributed by atoms with Crippen molar-refractivity contribution in [3.8, 4) is 5.75 Å². The van der Waals surface area contributed by atoms with E-state index in [1.54, 1.807) is 23.1 Å². The van der Waals surface area contributed by atoms with Crippen LogP contribution in [0.25, 0.3) is 0 Å². The zero-order valence-electron chi connectivity index (χ0n) is 13.9. The first-order valence-electron chi connectivity index (χ1n) is 8.54. The number of ether oxygens (including phenoxy) is 1. The van der Waals surface area contributed by atoms with Crippen molar-refractivity contribution >= 4 is 17.8 Å². The van der Waals surface area contributed by atoms with Crippen molar-refractivity contribution in [2.75, 3.05) is 6.61 Å². The number of carbonyl (C=O) groups excluding carboxylic acids is 2. The van der Waals surface area contributed by atoms with Gasteiger partial charge in [0.25, 0.3) is 11.8 Å². The van der Waals surface area contributed by atoms with E-state index in [9.17, 15) is 19.5 Å². The smallest absolute Gasteiger partial charge is 0.326 e. The Hall–Kier alpha value is -2.57. The second-order valence-electron chi connectivity index (χ2n) is 6.70. The molecule has 1 aromatic rings. The predicted molar refractivity (Wildman–Crippen MR) is 89.1 cm³/mol. The molecule has 3 N–H and O–H groups in total. The van der Waals surface area contributed by atoms with Crippen LogP contribution in [0.4, 0.5) is 0 Å². The first kappa shape index (κ1) is 17.3. The Morgan fingerprint density at radius 2 is 2.00 bits per heavy atom. The van der Waals surface area contributed by atoms with Gasteiger partial charge in [-0.3, -0.25) is 9.59 Å². The molecule has 7 nitrogen and oxygen atoms in total. The zero-order valence-corrected chi connectivity index (χ0v) is 13.9. The molecule has 3 rings (SSSR count). The third-order valence-corrected chi connectivity index (χ3v) is 5.07. The quantitative estimate of drug-likeness (QED) is 0.837. The van der Waals surface area contributed by atoms with Gasteiger partial charge in [-0.15, -0.1) is 0 Å². The van der Waals surface area contributed by atoms with Crippen molar-refractivity contribution in [1.82, 2.24) is 4.90 Å². The number of carbonyl (C=O) groups is 3. The third kappa shape index (κ3) is 3.60. The van der Waals surface area contributed by atoms with Crippen LogP contribution in [0.5, 0.6) is 5.75 Å². The number of primary amides is 1. The lowest BCUT2D eigenvalue weighted by Gasteiger charge is -2.33. The molecular formula is C18H22N2O5. The summed E-state index contributed by atoms with van der Waals surface area (Å²) < 4.78 is 5.24. The summed E-state index contributed by atoms with van der Waals surface area (Å²) in [5.74, 6) is -1.24. The number of aliphatic carboxylic acids is 1. The van der Waals surface area contributed by atoms with Crippen LogP contribution in [-0.2, 0) is 9.59 Å². The Morgan fingerprint density at radius 3 is 2.72 bits per heavy atom. The molecule has 1 aromatic carbocycles. The van der Waals surface area contributed by atoms with Crippen LogP contribution >= 0.6 is 0 Å². The van der Waals surface area contributed by atoms with Crippen LogP contribution in [0.1, 0.15) is 42.5 Å². The fourth-order valence-corrected chi connectivity index (χ4v) is 4.00. The number of fused-ring (bicyclic) bond motifs is 1. The normalized spacial score (nSPS) is 25.3. The lowest BCUT2D eigenvalue weighted by Crippen LogP contribution is -2.46. The van der Waals surface area contributed by atoms with Crippen LogP contribution in [0.15, 0.2) is 24.3 Å². The summed E-state index contributed by atoms with van der Waals surface area (Å²) in [7, 11) is 0. The molecule has 25 heavy (non-hydrogen) atoms. The molecule has 0 spiro atoms. The molecule has 0 radical (unpaired) electrons. The monoisotopic (exact) mass is 346 g/mol. The fourth-order valence-electron chi connectivity index (χ4n) is 4.00. The molecule has 1 aliphatic carbocycles. The minimum atomic E-state index is -0.955. The average Bonchev–Trinajstić information content (AvgIpc) is 2.99. The zero-order chi connectivity index (χ0) is 18.0. The molecular weight excluding hydrogens is 324 g/mol. The maximum atomic E-state index is 13.0. The molecule has 2 amide bonds. The highest BCUT2D eigenvalue weighted by Crippen LogP contribution is 2.40. The summed E-state index contributed by atoms with van der Waals surface area (Å²) in [6.45, 7) is -0.274. The molecule has 3 atom stereocenters. The van der Waals surface area contributed by atoms with E-state index in [-0.39, 0.29) is 24.5 Å². The van der Waals surface area contributed by atoms with E-state index in [1.165, 1.54) is 6.07 Å². The van der Waals surface area contributed by atoms with Gasteiger partial charge in [-0.1, -0.05) is 18.9 Å². The molecule has 2 aliphatic rings. The second-order valence-corrected chi connectivity index (χ2v) is 6.70. The van der Waals surface area contributed by atoms with Gasteiger partial charge in [0.2, 0.25) is 0 Å². The van der Waals surface area contributed by atoms with E-state index < -0.39 is 17.9 Å². The molecule has 1 heterocycles. The summed E-state index contributed by atoms with van der Waals surface area (Å²) >= 11 is 0. The minimum Gasteiger partial charge on any atom is -0.484 e. The number of hydrogen-bond donors (Lipinski definition) is 2. The standard InChI is InChI=1S/C18H22N2O5/c19-16(21)10-25-13-6-3-5-12(8-13)17(22)20-14-7-2-1-4-11(14)9-15(20)18(23)24/h3,5-6,8,11,14-15H,1-2,4,7,9-10H2,(H2,19,21)(H,23,24)/t11-,14+,15-/m0/s1. The lowest BCUT2D eigenvalue weighted by molar-refractivity contribution is -0.141. The Kier molecular flexibility index (Phi) is 4.92. The van der Waals surface area contributed by atoms with Gasteiger partial charge in [-0.25, -0.2) is 4.79 Å². The number of amides is 2. The van der Waals surface area contributed by atoms with E-state index in [0.717, 1.165) is 25.7 Å². The third-order valence-electron chi connectivity index (χ3n) is 5.07. The summed E-state index contributed by atoms with van der Waals surface area (Å²) in [5, 5.41) is 9.56. The number of benzene rings is 1. The highest BCUT2D eigenvalue weighted by Gasteiger charge is 2.47. The first-order chi connectivity index (χ1) is 12.0. The second kappa shape index (κ2) is 7.13. The van der Waals surface area contributed by atoms with Gasteiger partial charge in [0.05, 0.1) is 0 Å². The van der Waals surface area contributed by atoms with Gasteiger partial charge in [0.15, 0.2) is 6.61 Å². The topological polar surface area (TPSA) is 110 Å². The molecule has 1 saturated heterocycles. The maximum absolute atomic E-state index is 13.0. The molecule has 1 saturated carbocycles. The van der Waals surface area contributed by atoms with Crippen LogP contribution < -0.4 is 10.5 Å². The van der Waals surface area contributed by atoms with Crippen LogP contribution in [0, 0.1) is 5.92 Å². The van der Waals surface area contributed by atoms with Gasteiger partial charge >= 0.3 is 5.97 Å². The molecule has 0 bridgehead atoms. The number of nitrogens with two attached hydrogens (primary N) is 1. The van der Waals surface area contributed by atoms with E-state index in [2.05, 4.69) is 0 Å². The Morgan fingerprint density at radius 1 is 1.24 bits per heavy atom. The van der Waals surface area contributed by atoms with Gasteiger partial charge in [0, 0.05) is 11.6 Å². The number of carboxylic acid groups (broad SMARTS) is 1. The van der Waals surface area contributed by atoms with Crippen molar-refractivity contribution in [2.45, 2.75) is 44.2 Å². The molecule has 0 unspecified atom stereocenters. The van der Waals surface area contributed by atoms with Crippen LogP contribution in [0.2, 0.25) is 0 Å². The summed E-state index contributed by atoms with van der Waals surface area (Å²) in [4.78, 5) is 37.1. The average molecular weight is 346 g/mol. The summed E-state index contributed by atoms with van der Waals surface area (Å²) in [6, 6.07) is 5.64. The Balaban J connectivity index is 1.83. The maximum Gasteiger partial charge on any atom is 0.326 e. The number of rotatable bonds is 5. The van der Waals surface area contributed by atoms with Crippen LogP contribution in [-0.4, -0.2) is 46.5 Å².